The molecule has 0 unspecified atom stereocenters. The summed E-state index contributed by atoms with van der Waals surface area (Å²) in [6.45, 7) is 1.07. The van der Waals surface area contributed by atoms with E-state index in [1.54, 1.807) is 30.3 Å². The summed E-state index contributed by atoms with van der Waals surface area (Å²) in [5.74, 6) is -1.06. The fourth-order valence-corrected chi connectivity index (χ4v) is 2.74. The van der Waals surface area contributed by atoms with E-state index in [0.717, 1.165) is 16.3 Å². The summed E-state index contributed by atoms with van der Waals surface area (Å²) in [5.41, 5.74) is 2.03. The zero-order valence-electron chi connectivity index (χ0n) is 15.4. The molecule has 0 aliphatic rings. The predicted molar refractivity (Wildman–Crippen MR) is 108 cm³/mol. The van der Waals surface area contributed by atoms with Crippen molar-refractivity contribution in [3.8, 4) is 0 Å². The van der Waals surface area contributed by atoms with E-state index in [-0.39, 0.29) is 18.9 Å². The van der Waals surface area contributed by atoms with Crippen LogP contribution in [0.5, 0.6) is 0 Å². The van der Waals surface area contributed by atoms with Crippen LogP contribution in [0, 0.1) is 0 Å². The molecule has 6 nitrogen and oxygen atoms in total. The van der Waals surface area contributed by atoms with Crippen LogP contribution in [-0.2, 0) is 25.5 Å². The van der Waals surface area contributed by atoms with Crippen LogP contribution >= 0.6 is 0 Å². The minimum absolute atomic E-state index is 0.0452. The first-order valence-corrected chi connectivity index (χ1v) is 8.80. The van der Waals surface area contributed by atoms with E-state index in [1.807, 2.05) is 36.4 Å². The van der Waals surface area contributed by atoms with Gasteiger partial charge in [0.05, 0.1) is 6.42 Å². The molecule has 3 rings (SSSR count). The number of nitrogens with one attached hydrogen (secondary N) is 2. The molecule has 0 saturated carbocycles. The maximum absolute atomic E-state index is 12.0. The van der Waals surface area contributed by atoms with Crippen LogP contribution in [0.3, 0.4) is 0 Å². The molecule has 0 radical (unpaired) electrons. The van der Waals surface area contributed by atoms with Crippen molar-refractivity contribution in [2.75, 3.05) is 17.2 Å². The van der Waals surface area contributed by atoms with Crippen LogP contribution in [0.25, 0.3) is 10.8 Å². The molecular weight excluding hydrogens is 356 g/mol. The summed E-state index contributed by atoms with van der Waals surface area (Å²) in [4.78, 5) is 35.0. The number of esters is 1. The van der Waals surface area contributed by atoms with Gasteiger partial charge in [-0.3, -0.25) is 14.4 Å². The van der Waals surface area contributed by atoms with Crippen LogP contribution in [0.15, 0.2) is 66.7 Å². The lowest BCUT2D eigenvalue weighted by Gasteiger charge is -2.08. The summed E-state index contributed by atoms with van der Waals surface area (Å²) >= 11 is 0. The molecule has 0 saturated heterocycles. The fourth-order valence-electron chi connectivity index (χ4n) is 2.74. The van der Waals surface area contributed by atoms with E-state index in [4.69, 9.17) is 4.74 Å². The van der Waals surface area contributed by atoms with Gasteiger partial charge in [0, 0.05) is 18.3 Å². The van der Waals surface area contributed by atoms with Gasteiger partial charge in [0.2, 0.25) is 5.91 Å². The highest BCUT2D eigenvalue weighted by Gasteiger charge is 2.09. The quantitative estimate of drug-likeness (QED) is 0.645. The van der Waals surface area contributed by atoms with Gasteiger partial charge >= 0.3 is 5.97 Å². The first-order valence-electron chi connectivity index (χ1n) is 8.80. The Hall–Kier alpha value is -3.67. The average molecular weight is 376 g/mol. The molecule has 3 aromatic carbocycles. The van der Waals surface area contributed by atoms with Gasteiger partial charge < -0.3 is 15.4 Å². The molecule has 142 valence electrons. The third kappa shape index (κ3) is 5.41. The average Bonchev–Trinajstić information content (AvgIpc) is 2.67. The number of rotatable bonds is 6. The summed E-state index contributed by atoms with van der Waals surface area (Å²) in [6, 6.07) is 20.3. The number of hydrogen-bond acceptors (Lipinski definition) is 4. The van der Waals surface area contributed by atoms with E-state index >= 15 is 0 Å². The van der Waals surface area contributed by atoms with Crippen molar-refractivity contribution < 1.29 is 19.1 Å². The van der Waals surface area contributed by atoms with Gasteiger partial charge in [-0.05, 0) is 40.6 Å². The van der Waals surface area contributed by atoms with Gasteiger partial charge in [-0.15, -0.1) is 0 Å². The van der Waals surface area contributed by atoms with Gasteiger partial charge in [-0.2, -0.15) is 0 Å². The lowest BCUT2D eigenvalue weighted by atomic mass is 10.1. The number of carbonyl (C=O) groups excluding carboxylic acids is 3. The Balaban J connectivity index is 1.48. The van der Waals surface area contributed by atoms with E-state index in [1.165, 1.54) is 6.92 Å². The lowest BCUT2D eigenvalue weighted by Crippen LogP contribution is -2.21. The molecular formula is C22H20N2O4. The van der Waals surface area contributed by atoms with Gasteiger partial charge in [0.1, 0.15) is 0 Å². The van der Waals surface area contributed by atoms with E-state index in [0.29, 0.717) is 11.4 Å². The molecule has 0 atom stereocenters. The first-order chi connectivity index (χ1) is 13.5. The Morgan fingerprint density at radius 3 is 2.21 bits per heavy atom. The van der Waals surface area contributed by atoms with Crippen molar-refractivity contribution in [3.63, 3.8) is 0 Å². The Bertz CT molecular complexity index is 1010. The number of amides is 2. The van der Waals surface area contributed by atoms with Crippen LogP contribution in [0.1, 0.15) is 12.5 Å². The topological polar surface area (TPSA) is 84.5 Å². The number of benzene rings is 3. The molecule has 0 aromatic heterocycles. The molecule has 0 heterocycles. The lowest BCUT2D eigenvalue weighted by molar-refractivity contribution is -0.146. The number of fused-ring (bicyclic) bond motifs is 1. The van der Waals surface area contributed by atoms with Crippen LogP contribution in [0.2, 0.25) is 0 Å². The molecule has 2 amide bonds. The highest BCUT2D eigenvalue weighted by molar-refractivity contribution is 5.95. The standard InChI is InChI=1S/C22H20N2O4/c1-15(25)23-19-9-6-16(7-10-19)12-22(27)28-14-21(26)24-20-11-8-17-4-2-3-5-18(17)13-20/h2-11,13H,12,14H2,1H3,(H,23,25)(H,24,26). The molecule has 0 spiro atoms. The van der Waals surface area contributed by atoms with Gasteiger partial charge in [-0.1, -0.05) is 42.5 Å². The SMILES string of the molecule is CC(=O)Nc1ccc(CC(=O)OCC(=O)Nc2ccc3ccccc3c2)cc1. The van der Waals surface area contributed by atoms with Gasteiger partial charge in [0.15, 0.2) is 6.61 Å². The zero-order chi connectivity index (χ0) is 19.9. The highest BCUT2D eigenvalue weighted by Crippen LogP contribution is 2.18. The molecule has 3 aromatic rings. The van der Waals surface area contributed by atoms with Gasteiger partial charge in [0.25, 0.3) is 5.91 Å². The molecule has 0 bridgehead atoms. The second-order valence-electron chi connectivity index (χ2n) is 6.33. The van der Waals surface area contributed by atoms with Crippen molar-refractivity contribution in [3.05, 3.63) is 72.3 Å². The minimum atomic E-state index is -0.499. The molecule has 2 N–H and O–H groups in total. The van der Waals surface area contributed by atoms with Crippen molar-refractivity contribution in [2.45, 2.75) is 13.3 Å². The van der Waals surface area contributed by atoms with Crippen molar-refractivity contribution in [1.82, 2.24) is 0 Å². The van der Waals surface area contributed by atoms with Crippen molar-refractivity contribution in [1.29, 1.82) is 0 Å². The summed E-state index contributed by atoms with van der Waals surface area (Å²) in [6.07, 6.45) is 0.0452. The Morgan fingerprint density at radius 2 is 1.50 bits per heavy atom. The largest absolute Gasteiger partial charge is 0.455 e. The second-order valence-corrected chi connectivity index (χ2v) is 6.33. The number of ether oxygens (including phenoxy) is 1. The van der Waals surface area contributed by atoms with Crippen LogP contribution in [-0.4, -0.2) is 24.4 Å². The van der Waals surface area contributed by atoms with Crippen molar-refractivity contribution >= 4 is 39.9 Å². The Morgan fingerprint density at radius 1 is 0.821 bits per heavy atom. The molecule has 0 fully saturated rings. The zero-order valence-corrected chi connectivity index (χ0v) is 15.4. The summed E-state index contributed by atoms with van der Waals surface area (Å²) in [7, 11) is 0. The minimum Gasteiger partial charge on any atom is -0.455 e. The Kier molecular flexibility index (Phi) is 6.01. The van der Waals surface area contributed by atoms with Crippen LogP contribution in [0.4, 0.5) is 11.4 Å². The third-order valence-electron chi connectivity index (χ3n) is 4.02. The number of anilines is 2. The first kappa shape index (κ1) is 19.1. The van der Waals surface area contributed by atoms with Gasteiger partial charge in [-0.25, -0.2) is 0 Å². The predicted octanol–water partition coefficient (Wildman–Crippen LogP) is 3.52. The molecule has 28 heavy (non-hydrogen) atoms. The molecule has 6 heteroatoms. The highest BCUT2D eigenvalue weighted by atomic mass is 16.5. The number of carbonyl (C=O) groups is 3. The third-order valence-corrected chi connectivity index (χ3v) is 4.02. The maximum atomic E-state index is 12.0. The molecule has 0 aliphatic heterocycles. The maximum Gasteiger partial charge on any atom is 0.310 e. The Labute approximate surface area is 162 Å². The molecule has 0 aliphatic carbocycles. The smallest absolute Gasteiger partial charge is 0.310 e. The summed E-state index contributed by atoms with van der Waals surface area (Å²) in [5, 5.41) is 7.47. The monoisotopic (exact) mass is 376 g/mol. The normalized spacial score (nSPS) is 10.3. The fraction of sp³-hybridized carbons (Fsp3) is 0.136. The van der Waals surface area contributed by atoms with E-state index in [2.05, 4.69) is 10.6 Å². The van der Waals surface area contributed by atoms with E-state index in [9.17, 15) is 14.4 Å². The van der Waals surface area contributed by atoms with E-state index < -0.39 is 11.9 Å². The van der Waals surface area contributed by atoms with Crippen LogP contribution < -0.4 is 10.6 Å². The van der Waals surface area contributed by atoms with Crippen molar-refractivity contribution in [2.24, 2.45) is 0 Å². The summed E-state index contributed by atoms with van der Waals surface area (Å²) < 4.78 is 5.04. The second kappa shape index (κ2) is 8.81. The number of hydrogen-bond donors (Lipinski definition) is 2.